The van der Waals surface area contributed by atoms with Gasteiger partial charge in [-0.1, -0.05) is 27.7 Å². The molecule has 1 aromatic rings. The van der Waals surface area contributed by atoms with Gasteiger partial charge in [0.25, 0.3) is 0 Å². The number of hydrogen-bond acceptors (Lipinski definition) is 9. The molecule has 0 radical (unpaired) electrons. The maximum atomic E-state index is 5.38. The average molecular weight is 501 g/mol. The summed E-state index contributed by atoms with van der Waals surface area (Å²) in [6, 6.07) is 0. The van der Waals surface area contributed by atoms with Gasteiger partial charge >= 0.3 is 0 Å². The molecular weight excluding hydrogens is 460 g/mol. The lowest BCUT2D eigenvalue weighted by atomic mass is 9.89. The highest BCUT2D eigenvalue weighted by Crippen LogP contribution is 2.21. The molecule has 188 valence electrons. The van der Waals surface area contributed by atoms with Gasteiger partial charge in [-0.3, -0.25) is 0 Å². The predicted molar refractivity (Wildman–Crippen MR) is 137 cm³/mol. The van der Waals surface area contributed by atoms with Crippen LogP contribution in [-0.4, -0.2) is 74.8 Å². The first-order chi connectivity index (χ1) is 15.7. The minimum atomic E-state index is 0.0688. The van der Waals surface area contributed by atoms with Crippen molar-refractivity contribution in [3.63, 3.8) is 0 Å². The third-order valence-electron chi connectivity index (χ3n) is 5.27. The Balaban J connectivity index is 1.45. The van der Waals surface area contributed by atoms with Crippen LogP contribution in [-0.2, 0) is 6.54 Å². The first-order valence-electron chi connectivity index (χ1n) is 11.4. The predicted octanol–water partition coefficient (Wildman–Crippen LogP) is -0.389. The van der Waals surface area contributed by atoms with Crippen molar-refractivity contribution in [2.75, 3.05) is 39.4 Å². The van der Waals surface area contributed by atoms with Crippen LogP contribution in [0.2, 0.25) is 0 Å². The number of hydrazine groups is 3. The number of nitrogens with one attached hydrogen (secondary N) is 7. The van der Waals surface area contributed by atoms with Gasteiger partial charge in [-0.15, -0.1) is 5.10 Å². The number of tetrazole rings is 1. The minimum absolute atomic E-state index is 0.0688. The van der Waals surface area contributed by atoms with Crippen molar-refractivity contribution < 1.29 is 0 Å². The van der Waals surface area contributed by atoms with Gasteiger partial charge in [0.2, 0.25) is 0 Å². The molecule has 0 aliphatic carbocycles. The molecule has 1 aliphatic heterocycles. The van der Waals surface area contributed by atoms with Crippen LogP contribution in [0.15, 0.2) is 6.33 Å². The second-order valence-electron chi connectivity index (χ2n) is 9.82. The zero-order chi connectivity index (χ0) is 24.2. The molecule has 0 saturated carbocycles. The Morgan fingerprint density at radius 3 is 2.00 bits per heavy atom. The monoisotopic (exact) mass is 500 g/mol. The van der Waals surface area contributed by atoms with Crippen LogP contribution in [0.5, 0.6) is 0 Å². The van der Waals surface area contributed by atoms with Crippen molar-refractivity contribution >= 4 is 34.7 Å². The zero-order valence-corrected chi connectivity index (χ0v) is 21.8. The maximum absolute atomic E-state index is 5.38. The minimum Gasteiger partial charge on any atom is -0.363 e. The largest absolute Gasteiger partial charge is 0.363 e. The molecule has 1 saturated heterocycles. The highest BCUT2D eigenvalue weighted by molar-refractivity contribution is 7.80. The SMILES string of the molecule is CC(C)(CCNC(=S)NCCCNC(=S)NCCC(C)(C)Cn1cnnn1)CN1CNNN1. The van der Waals surface area contributed by atoms with Gasteiger partial charge in [-0.25, -0.2) is 15.1 Å². The van der Waals surface area contributed by atoms with Gasteiger partial charge in [0.1, 0.15) is 6.33 Å². The molecule has 1 fully saturated rings. The van der Waals surface area contributed by atoms with E-state index in [-0.39, 0.29) is 10.8 Å². The van der Waals surface area contributed by atoms with E-state index in [1.54, 1.807) is 11.0 Å². The average Bonchev–Trinajstić information content (AvgIpc) is 3.41. The van der Waals surface area contributed by atoms with Gasteiger partial charge in [-0.2, -0.15) is 11.1 Å². The van der Waals surface area contributed by atoms with Gasteiger partial charge in [0.05, 0.1) is 6.67 Å². The van der Waals surface area contributed by atoms with Crippen molar-refractivity contribution in [3.8, 4) is 0 Å². The number of thiocarbonyl (C=S) groups is 2. The van der Waals surface area contributed by atoms with E-state index in [1.807, 2.05) is 0 Å². The van der Waals surface area contributed by atoms with Crippen LogP contribution in [0.3, 0.4) is 0 Å². The van der Waals surface area contributed by atoms with Crippen LogP contribution in [0.4, 0.5) is 0 Å². The van der Waals surface area contributed by atoms with E-state index in [9.17, 15) is 0 Å². The molecule has 0 amide bonds. The van der Waals surface area contributed by atoms with Crippen LogP contribution < -0.4 is 37.8 Å². The molecule has 14 heteroatoms. The Labute approximate surface area is 207 Å². The van der Waals surface area contributed by atoms with Crippen LogP contribution >= 0.6 is 24.4 Å². The Kier molecular flexibility index (Phi) is 11.6. The molecule has 2 heterocycles. The first-order valence-corrected chi connectivity index (χ1v) is 12.2. The molecule has 0 spiro atoms. The Hall–Kier alpha value is -1.71. The summed E-state index contributed by atoms with van der Waals surface area (Å²) in [5, 5.41) is 27.8. The second kappa shape index (κ2) is 13.9. The Morgan fingerprint density at radius 1 is 0.909 bits per heavy atom. The summed E-state index contributed by atoms with van der Waals surface area (Å²) in [5.41, 5.74) is 9.22. The first kappa shape index (κ1) is 27.5. The third-order valence-corrected chi connectivity index (χ3v) is 5.85. The highest BCUT2D eigenvalue weighted by Gasteiger charge is 2.23. The molecule has 12 nitrogen and oxygen atoms in total. The summed E-state index contributed by atoms with van der Waals surface area (Å²) < 4.78 is 1.76. The molecule has 0 unspecified atom stereocenters. The fraction of sp³-hybridized carbons (Fsp3) is 0.842. The zero-order valence-electron chi connectivity index (χ0n) is 20.2. The standard InChI is InChI=1S/C19H40N12S2/c1-18(2,12-30-14-24-26-28-30)6-10-22-16(32)20-8-5-9-21-17(33)23-11-7-19(3,4)13-31-15-25-27-29-31/h14,25,27,29H,5-13,15H2,1-4H3,(H2,20,22,32)(H2,21,23,33). The lowest BCUT2D eigenvalue weighted by molar-refractivity contribution is 0.143. The summed E-state index contributed by atoms with van der Waals surface area (Å²) in [4.78, 5) is 0. The third kappa shape index (κ3) is 12.4. The molecule has 1 aromatic heterocycles. The summed E-state index contributed by atoms with van der Waals surface area (Å²) in [5.74, 6) is 0. The maximum Gasteiger partial charge on any atom is 0.166 e. The van der Waals surface area contributed by atoms with E-state index in [2.05, 4.69) is 86.0 Å². The van der Waals surface area contributed by atoms with Crippen LogP contribution in [0, 0.1) is 10.8 Å². The number of aromatic nitrogens is 4. The molecule has 0 aromatic carbocycles. The van der Waals surface area contributed by atoms with Gasteiger partial charge in [0, 0.05) is 39.3 Å². The van der Waals surface area contributed by atoms with E-state index in [0.29, 0.717) is 10.2 Å². The number of hydrogen-bond donors (Lipinski definition) is 7. The molecular formula is C19H40N12S2. The van der Waals surface area contributed by atoms with Crippen molar-refractivity contribution in [3.05, 3.63) is 6.33 Å². The Bertz CT molecular complexity index is 704. The molecule has 7 N–H and O–H groups in total. The van der Waals surface area contributed by atoms with Crippen LogP contribution in [0.25, 0.3) is 0 Å². The van der Waals surface area contributed by atoms with E-state index >= 15 is 0 Å². The molecule has 0 bridgehead atoms. The van der Waals surface area contributed by atoms with Gasteiger partial charge < -0.3 is 21.3 Å². The van der Waals surface area contributed by atoms with Crippen molar-refractivity contribution in [2.45, 2.75) is 53.5 Å². The van der Waals surface area contributed by atoms with E-state index < -0.39 is 0 Å². The number of nitrogens with zero attached hydrogens (tertiary/aromatic N) is 5. The summed E-state index contributed by atoms with van der Waals surface area (Å²) >= 11 is 10.8. The molecule has 0 atom stereocenters. The molecule has 1 aliphatic rings. The van der Waals surface area contributed by atoms with E-state index in [0.717, 1.165) is 65.2 Å². The Morgan fingerprint density at radius 2 is 1.48 bits per heavy atom. The van der Waals surface area contributed by atoms with Crippen molar-refractivity contribution in [1.29, 1.82) is 0 Å². The topological polar surface area (TPSA) is 131 Å². The van der Waals surface area contributed by atoms with Crippen LogP contribution in [0.1, 0.15) is 47.0 Å². The van der Waals surface area contributed by atoms with E-state index in [1.165, 1.54) is 0 Å². The van der Waals surface area contributed by atoms with E-state index in [4.69, 9.17) is 24.4 Å². The number of rotatable bonds is 14. The fourth-order valence-electron chi connectivity index (χ4n) is 3.40. The van der Waals surface area contributed by atoms with Crippen molar-refractivity contribution in [2.24, 2.45) is 10.8 Å². The molecule has 33 heavy (non-hydrogen) atoms. The lowest BCUT2D eigenvalue weighted by Crippen LogP contribution is -2.44. The summed E-state index contributed by atoms with van der Waals surface area (Å²) in [7, 11) is 0. The smallest absolute Gasteiger partial charge is 0.166 e. The summed E-state index contributed by atoms with van der Waals surface area (Å²) in [6.45, 7) is 14.6. The second-order valence-corrected chi connectivity index (χ2v) is 10.6. The summed E-state index contributed by atoms with van der Waals surface area (Å²) in [6.07, 6.45) is 4.53. The van der Waals surface area contributed by atoms with Crippen molar-refractivity contribution in [1.82, 2.24) is 63.0 Å². The molecule has 2 rings (SSSR count). The quantitative estimate of drug-likeness (QED) is 0.132. The fourth-order valence-corrected chi connectivity index (χ4v) is 3.81. The lowest BCUT2D eigenvalue weighted by Gasteiger charge is -2.29. The normalized spacial score (nSPS) is 14.8. The van der Waals surface area contributed by atoms with Gasteiger partial charge in [0.15, 0.2) is 10.2 Å². The highest BCUT2D eigenvalue weighted by atomic mass is 32.1. The van der Waals surface area contributed by atoms with Gasteiger partial charge in [-0.05, 0) is 65.0 Å².